The summed E-state index contributed by atoms with van der Waals surface area (Å²) in [5.74, 6) is 1.05. The van der Waals surface area contributed by atoms with Crippen molar-refractivity contribution >= 4 is 39.0 Å². The van der Waals surface area contributed by atoms with Gasteiger partial charge in [-0.05, 0) is 58.5 Å². The maximum Gasteiger partial charge on any atom is 0.0426 e. The molecule has 1 heterocycles. The second-order valence-electron chi connectivity index (χ2n) is 4.28. The van der Waals surface area contributed by atoms with E-state index in [0.717, 1.165) is 12.3 Å². The van der Waals surface area contributed by atoms with E-state index in [1.165, 1.54) is 19.8 Å². The molecule has 0 aliphatic carbocycles. The number of rotatable bonds is 6. The third kappa shape index (κ3) is 4.09. The molecule has 0 aliphatic rings. The van der Waals surface area contributed by atoms with E-state index in [2.05, 4.69) is 70.8 Å². The lowest BCUT2D eigenvalue weighted by Crippen LogP contribution is -2.23. The fraction of sp³-hybridized carbons (Fsp3) is 0.333. The SMILES string of the molecule is CCNC(CSc1ccccc1Br)c1ccsc1C. The molecule has 2 aromatic rings. The van der Waals surface area contributed by atoms with Gasteiger partial charge in [0.2, 0.25) is 0 Å². The van der Waals surface area contributed by atoms with E-state index in [1.54, 1.807) is 0 Å². The molecule has 2 rings (SSSR count). The molecule has 1 aromatic heterocycles. The van der Waals surface area contributed by atoms with E-state index in [4.69, 9.17) is 0 Å². The standard InChI is InChI=1S/C15H18BrNS2/c1-3-17-14(12-8-9-18-11(12)2)10-19-15-7-5-4-6-13(15)16/h4-9,14,17H,3,10H2,1-2H3. The third-order valence-electron chi connectivity index (χ3n) is 2.97. The lowest BCUT2D eigenvalue weighted by molar-refractivity contribution is 0.605. The Morgan fingerprint density at radius 2 is 2.11 bits per heavy atom. The summed E-state index contributed by atoms with van der Waals surface area (Å²) in [5, 5.41) is 5.76. The van der Waals surface area contributed by atoms with Gasteiger partial charge in [-0.25, -0.2) is 0 Å². The number of hydrogen-bond acceptors (Lipinski definition) is 3. The molecule has 1 nitrogen and oxygen atoms in total. The van der Waals surface area contributed by atoms with E-state index < -0.39 is 0 Å². The van der Waals surface area contributed by atoms with Crippen molar-refractivity contribution in [2.45, 2.75) is 24.8 Å². The molecule has 0 fully saturated rings. The maximum absolute atomic E-state index is 3.61. The van der Waals surface area contributed by atoms with Crippen molar-refractivity contribution in [2.75, 3.05) is 12.3 Å². The fourth-order valence-electron chi connectivity index (χ4n) is 2.00. The zero-order valence-corrected chi connectivity index (χ0v) is 14.4. The number of thiophene rings is 1. The summed E-state index contributed by atoms with van der Waals surface area (Å²) in [5.41, 5.74) is 1.44. The first-order chi connectivity index (χ1) is 9.22. The lowest BCUT2D eigenvalue weighted by Gasteiger charge is -2.18. The lowest BCUT2D eigenvalue weighted by atomic mass is 10.1. The van der Waals surface area contributed by atoms with Gasteiger partial charge in [0.05, 0.1) is 0 Å². The van der Waals surface area contributed by atoms with Crippen LogP contribution in [-0.4, -0.2) is 12.3 Å². The van der Waals surface area contributed by atoms with Gasteiger partial charge in [0.25, 0.3) is 0 Å². The molecule has 0 saturated heterocycles. The zero-order valence-electron chi connectivity index (χ0n) is 11.2. The van der Waals surface area contributed by atoms with Gasteiger partial charge >= 0.3 is 0 Å². The molecule has 0 saturated carbocycles. The van der Waals surface area contributed by atoms with Gasteiger partial charge < -0.3 is 5.32 Å². The Morgan fingerprint density at radius 1 is 1.32 bits per heavy atom. The predicted octanol–water partition coefficient (Wildman–Crippen LogP) is 5.26. The van der Waals surface area contributed by atoms with Crippen LogP contribution < -0.4 is 5.32 Å². The van der Waals surface area contributed by atoms with Crippen LogP contribution in [-0.2, 0) is 0 Å². The minimum absolute atomic E-state index is 0.424. The second-order valence-corrected chi connectivity index (χ2v) is 7.32. The van der Waals surface area contributed by atoms with Gasteiger partial charge in [0, 0.05) is 26.0 Å². The highest BCUT2D eigenvalue weighted by atomic mass is 79.9. The van der Waals surface area contributed by atoms with Crippen molar-refractivity contribution in [2.24, 2.45) is 0 Å². The first-order valence-electron chi connectivity index (χ1n) is 6.37. The van der Waals surface area contributed by atoms with E-state index in [0.29, 0.717) is 6.04 Å². The Balaban J connectivity index is 2.06. The van der Waals surface area contributed by atoms with Gasteiger partial charge in [-0.1, -0.05) is 19.1 Å². The minimum Gasteiger partial charge on any atom is -0.309 e. The van der Waals surface area contributed by atoms with Crippen LogP contribution in [0.4, 0.5) is 0 Å². The van der Waals surface area contributed by atoms with Gasteiger partial charge in [-0.15, -0.1) is 23.1 Å². The Bertz CT molecular complexity index is 524. The zero-order chi connectivity index (χ0) is 13.7. The monoisotopic (exact) mass is 355 g/mol. The van der Waals surface area contributed by atoms with Crippen LogP contribution in [0.5, 0.6) is 0 Å². The number of thioether (sulfide) groups is 1. The molecule has 0 bridgehead atoms. The van der Waals surface area contributed by atoms with Crippen LogP contribution in [0.3, 0.4) is 0 Å². The molecular formula is C15H18BrNS2. The summed E-state index contributed by atoms with van der Waals surface area (Å²) in [6, 6.07) is 11.1. The quantitative estimate of drug-likeness (QED) is 0.709. The molecule has 0 amide bonds. The summed E-state index contributed by atoms with van der Waals surface area (Å²) in [7, 11) is 0. The topological polar surface area (TPSA) is 12.0 Å². The van der Waals surface area contributed by atoms with E-state index in [9.17, 15) is 0 Å². The third-order valence-corrected chi connectivity index (χ3v) is 5.95. The fourth-order valence-corrected chi connectivity index (χ4v) is 4.41. The van der Waals surface area contributed by atoms with E-state index in [-0.39, 0.29) is 0 Å². The number of benzene rings is 1. The molecule has 0 spiro atoms. The van der Waals surface area contributed by atoms with Gasteiger partial charge in [-0.3, -0.25) is 0 Å². The van der Waals surface area contributed by atoms with Crippen LogP contribution in [0, 0.1) is 6.92 Å². The number of halogens is 1. The Hall–Kier alpha value is -0.290. The summed E-state index contributed by atoms with van der Waals surface area (Å²) < 4.78 is 1.18. The van der Waals surface area contributed by atoms with Crippen LogP contribution in [0.15, 0.2) is 45.1 Å². The molecule has 1 aromatic carbocycles. The minimum atomic E-state index is 0.424. The average Bonchev–Trinajstić information content (AvgIpc) is 2.82. The highest BCUT2D eigenvalue weighted by Gasteiger charge is 2.14. The molecule has 4 heteroatoms. The molecule has 1 atom stereocenters. The normalized spacial score (nSPS) is 12.6. The van der Waals surface area contributed by atoms with Gasteiger partial charge in [0.15, 0.2) is 0 Å². The summed E-state index contributed by atoms with van der Waals surface area (Å²) in [4.78, 5) is 2.72. The molecule has 19 heavy (non-hydrogen) atoms. The second kappa shape index (κ2) is 7.48. The highest BCUT2D eigenvalue weighted by molar-refractivity contribution is 9.10. The van der Waals surface area contributed by atoms with Crippen LogP contribution in [0.1, 0.15) is 23.4 Å². The first kappa shape index (κ1) is 15.1. The summed E-state index contributed by atoms with van der Waals surface area (Å²) in [6.45, 7) is 5.36. The van der Waals surface area contributed by atoms with Crippen LogP contribution >= 0.6 is 39.0 Å². The van der Waals surface area contributed by atoms with Crippen molar-refractivity contribution in [1.29, 1.82) is 0 Å². The van der Waals surface area contributed by atoms with E-state index >= 15 is 0 Å². The number of aryl methyl sites for hydroxylation is 1. The summed E-state index contributed by atoms with van der Waals surface area (Å²) in [6.07, 6.45) is 0. The average molecular weight is 356 g/mol. The van der Waals surface area contributed by atoms with Gasteiger partial charge in [0.1, 0.15) is 0 Å². The smallest absolute Gasteiger partial charge is 0.0426 e. The molecule has 1 unspecified atom stereocenters. The van der Waals surface area contributed by atoms with Crippen LogP contribution in [0.2, 0.25) is 0 Å². The number of nitrogens with one attached hydrogen (secondary N) is 1. The molecule has 1 N–H and O–H groups in total. The highest BCUT2D eigenvalue weighted by Crippen LogP contribution is 2.32. The number of hydrogen-bond donors (Lipinski definition) is 1. The van der Waals surface area contributed by atoms with Crippen molar-refractivity contribution < 1.29 is 0 Å². The molecular weight excluding hydrogens is 338 g/mol. The molecule has 0 aliphatic heterocycles. The summed E-state index contributed by atoms with van der Waals surface area (Å²) >= 11 is 7.33. The maximum atomic E-state index is 3.61. The molecule has 102 valence electrons. The first-order valence-corrected chi connectivity index (χ1v) is 9.03. The largest absolute Gasteiger partial charge is 0.309 e. The van der Waals surface area contributed by atoms with Crippen molar-refractivity contribution in [3.05, 3.63) is 50.6 Å². The predicted molar refractivity (Wildman–Crippen MR) is 90.3 cm³/mol. The van der Waals surface area contributed by atoms with Crippen LogP contribution in [0.25, 0.3) is 0 Å². The van der Waals surface area contributed by atoms with Gasteiger partial charge in [-0.2, -0.15) is 0 Å². The Kier molecular flexibility index (Phi) is 5.95. The van der Waals surface area contributed by atoms with Crippen molar-refractivity contribution in [1.82, 2.24) is 5.32 Å². The molecule has 0 radical (unpaired) electrons. The Morgan fingerprint density at radius 3 is 2.74 bits per heavy atom. The van der Waals surface area contributed by atoms with Crippen molar-refractivity contribution in [3.8, 4) is 0 Å². The Labute approximate surface area is 131 Å². The van der Waals surface area contributed by atoms with Crippen molar-refractivity contribution in [3.63, 3.8) is 0 Å². The van der Waals surface area contributed by atoms with E-state index in [1.807, 2.05) is 23.1 Å².